The molecular formula is C20H31NO5S. The van der Waals surface area contributed by atoms with Crippen molar-refractivity contribution in [1.82, 2.24) is 4.31 Å². The van der Waals surface area contributed by atoms with Crippen LogP contribution in [0.4, 0.5) is 0 Å². The Kier molecular flexibility index (Phi) is 6.39. The van der Waals surface area contributed by atoms with Gasteiger partial charge in [0, 0.05) is 13.0 Å². The summed E-state index contributed by atoms with van der Waals surface area (Å²) in [6.45, 7) is 8.99. The number of nitrogens with zero attached hydrogens (tertiary/aromatic N) is 1. The summed E-state index contributed by atoms with van der Waals surface area (Å²) in [5.41, 5.74) is -1.02. The Bertz CT molecular complexity index is 767. The van der Waals surface area contributed by atoms with Gasteiger partial charge in [-0.25, -0.2) is 8.42 Å². The largest absolute Gasteiger partial charge is 0.459 e. The first-order valence-electron chi connectivity index (χ1n) is 9.42. The average Bonchev–Trinajstić information content (AvgIpc) is 2.91. The number of ether oxygens (including phenoxy) is 1. The van der Waals surface area contributed by atoms with Gasteiger partial charge in [-0.2, -0.15) is 4.31 Å². The van der Waals surface area contributed by atoms with E-state index in [1.54, 1.807) is 32.9 Å². The van der Waals surface area contributed by atoms with E-state index in [2.05, 4.69) is 0 Å². The van der Waals surface area contributed by atoms with Gasteiger partial charge in [-0.1, -0.05) is 37.5 Å². The first-order chi connectivity index (χ1) is 12.4. The number of aryl methyl sites for hydroxylation is 1. The van der Waals surface area contributed by atoms with Crippen molar-refractivity contribution in [3.05, 3.63) is 29.8 Å². The van der Waals surface area contributed by atoms with Crippen LogP contribution in [0.25, 0.3) is 0 Å². The van der Waals surface area contributed by atoms with Gasteiger partial charge in [0.15, 0.2) is 0 Å². The number of rotatable bonds is 6. The van der Waals surface area contributed by atoms with Gasteiger partial charge in [0.2, 0.25) is 10.0 Å². The summed E-state index contributed by atoms with van der Waals surface area (Å²) in [4.78, 5) is 12.8. The van der Waals surface area contributed by atoms with Gasteiger partial charge in [0.25, 0.3) is 0 Å². The number of carbonyl (C=O) groups is 1. The zero-order valence-electron chi connectivity index (χ0n) is 16.9. The van der Waals surface area contributed by atoms with Crippen molar-refractivity contribution in [1.29, 1.82) is 0 Å². The molecule has 1 heterocycles. The van der Waals surface area contributed by atoms with E-state index in [0.717, 1.165) is 22.7 Å². The highest BCUT2D eigenvalue weighted by atomic mass is 32.2. The first kappa shape index (κ1) is 21.9. The fraction of sp³-hybridized carbons (Fsp3) is 0.650. The molecule has 0 spiro atoms. The van der Waals surface area contributed by atoms with Gasteiger partial charge < -0.3 is 9.84 Å². The Morgan fingerprint density at radius 2 is 1.89 bits per heavy atom. The molecule has 0 saturated carbocycles. The lowest BCUT2D eigenvalue weighted by atomic mass is 9.94. The molecule has 0 unspecified atom stereocenters. The van der Waals surface area contributed by atoms with E-state index in [9.17, 15) is 18.3 Å². The monoisotopic (exact) mass is 397 g/mol. The highest BCUT2D eigenvalue weighted by Crippen LogP contribution is 2.36. The Morgan fingerprint density at radius 1 is 1.30 bits per heavy atom. The van der Waals surface area contributed by atoms with Crippen molar-refractivity contribution in [2.75, 3.05) is 6.54 Å². The molecule has 0 amide bonds. The van der Waals surface area contributed by atoms with Crippen LogP contribution in [-0.4, -0.2) is 47.6 Å². The van der Waals surface area contributed by atoms with Crippen molar-refractivity contribution in [3.63, 3.8) is 0 Å². The first-order valence-corrected chi connectivity index (χ1v) is 10.9. The highest BCUT2D eigenvalue weighted by molar-refractivity contribution is 7.89. The predicted molar refractivity (Wildman–Crippen MR) is 104 cm³/mol. The Hall–Kier alpha value is -1.44. The lowest BCUT2D eigenvalue weighted by Crippen LogP contribution is -2.43. The minimum Gasteiger partial charge on any atom is -0.459 e. The van der Waals surface area contributed by atoms with Crippen molar-refractivity contribution in [2.24, 2.45) is 0 Å². The minimum atomic E-state index is -3.93. The molecule has 1 saturated heterocycles. The maximum Gasteiger partial charge on any atom is 0.325 e. The molecule has 1 aliphatic heterocycles. The fourth-order valence-corrected chi connectivity index (χ4v) is 4.94. The number of sulfonamides is 1. The molecule has 1 aromatic rings. The molecular weight excluding hydrogens is 366 g/mol. The molecule has 152 valence electrons. The SMILES string of the molecule is CCCC[C@]1(O)C[C@@H](C(=O)OC(C)(C)C)N(S(=O)(=O)c2ccc(C)cc2)C1. The summed E-state index contributed by atoms with van der Waals surface area (Å²) in [7, 11) is -3.93. The summed E-state index contributed by atoms with van der Waals surface area (Å²) in [5.74, 6) is -0.620. The van der Waals surface area contributed by atoms with E-state index in [1.807, 2.05) is 13.8 Å². The van der Waals surface area contributed by atoms with Crippen molar-refractivity contribution in [3.8, 4) is 0 Å². The lowest BCUT2D eigenvalue weighted by Gasteiger charge is -2.26. The second kappa shape index (κ2) is 7.89. The third kappa shape index (κ3) is 5.30. The maximum atomic E-state index is 13.2. The smallest absolute Gasteiger partial charge is 0.325 e. The molecule has 2 atom stereocenters. The summed E-state index contributed by atoms with van der Waals surface area (Å²) in [5, 5.41) is 11.0. The Labute approximate surface area is 162 Å². The standard InChI is InChI=1S/C20H31NO5S/c1-6-7-12-20(23)13-17(18(22)26-19(3,4)5)21(14-20)27(24,25)16-10-8-15(2)9-11-16/h8-11,17,23H,6-7,12-14H2,1-5H3/t17-,20-/m0/s1. The van der Waals surface area contributed by atoms with Crippen molar-refractivity contribution in [2.45, 2.75) is 82.4 Å². The molecule has 0 aliphatic carbocycles. The topological polar surface area (TPSA) is 83.9 Å². The van der Waals surface area contributed by atoms with Crippen LogP contribution >= 0.6 is 0 Å². The summed E-state index contributed by atoms with van der Waals surface area (Å²) in [6.07, 6.45) is 2.13. The van der Waals surface area contributed by atoms with Gasteiger partial charge in [0.1, 0.15) is 11.6 Å². The van der Waals surface area contributed by atoms with Gasteiger partial charge in [-0.05, 0) is 46.2 Å². The van der Waals surface area contributed by atoms with Crippen LogP contribution in [0.5, 0.6) is 0 Å². The van der Waals surface area contributed by atoms with Gasteiger partial charge >= 0.3 is 5.97 Å². The molecule has 0 radical (unpaired) electrons. The fourth-order valence-electron chi connectivity index (χ4n) is 3.28. The molecule has 27 heavy (non-hydrogen) atoms. The second-order valence-corrected chi connectivity index (χ2v) is 10.3. The molecule has 7 heteroatoms. The van der Waals surface area contributed by atoms with Crippen LogP contribution in [0.15, 0.2) is 29.2 Å². The third-order valence-corrected chi connectivity index (χ3v) is 6.54. The van der Waals surface area contributed by atoms with Crippen LogP contribution in [-0.2, 0) is 19.6 Å². The Balaban J connectivity index is 2.38. The zero-order valence-corrected chi connectivity index (χ0v) is 17.7. The lowest BCUT2D eigenvalue weighted by molar-refractivity contribution is -0.159. The third-order valence-electron chi connectivity index (χ3n) is 4.67. The van der Waals surface area contributed by atoms with E-state index in [-0.39, 0.29) is 17.9 Å². The maximum absolute atomic E-state index is 13.2. The van der Waals surface area contributed by atoms with E-state index in [1.165, 1.54) is 12.1 Å². The van der Waals surface area contributed by atoms with Gasteiger partial charge in [-0.15, -0.1) is 0 Å². The van der Waals surface area contributed by atoms with E-state index in [0.29, 0.717) is 6.42 Å². The molecule has 1 aromatic carbocycles. The van der Waals surface area contributed by atoms with Crippen molar-refractivity contribution >= 4 is 16.0 Å². The predicted octanol–water partition coefficient (Wildman–Crippen LogP) is 3.02. The quantitative estimate of drug-likeness (QED) is 0.746. The molecule has 1 aliphatic rings. The Morgan fingerprint density at radius 3 is 2.41 bits per heavy atom. The normalized spacial score (nSPS) is 24.1. The van der Waals surface area contributed by atoms with Crippen molar-refractivity contribution < 1.29 is 23.1 Å². The number of unbranched alkanes of at least 4 members (excludes halogenated alkanes) is 1. The summed E-state index contributed by atoms with van der Waals surface area (Å²) >= 11 is 0. The zero-order chi connectivity index (χ0) is 20.5. The number of aliphatic hydroxyl groups is 1. The van der Waals surface area contributed by atoms with Crippen LogP contribution in [0.1, 0.15) is 58.9 Å². The summed E-state index contributed by atoms with van der Waals surface area (Å²) < 4.78 is 32.9. The summed E-state index contributed by atoms with van der Waals surface area (Å²) in [6, 6.07) is 5.46. The molecule has 1 N–H and O–H groups in total. The number of benzene rings is 1. The molecule has 0 bridgehead atoms. The van der Waals surface area contributed by atoms with Crippen LogP contribution in [0.3, 0.4) is 0 Å². The molecule has 1 fully saturated rings. The van der Waals surface area contributed by atoms with Crippen LogP contribution < -0.4 is 0 Å². The number of hydrogen-bond donors (Lipinski definition) is 1. The number of esters is 1. The molecule has 6 nitrogen and oxygen atoms in total. The number of hydrogen-bond acceptors (Lipinski definition) is 5. The average molecular weight is 398 g/mol. The highest BCUT2D eigenvalue weighted by Gasteiger charge is 2.51. The number of β-amino-alcohol motifs (C(OH)–C–C–N with tert-alkyl or cyclic N) is 1. The van der Waals surface area contributed by atoms with E-state index < -0.39 is 33.2 Å². The molecule has 0 aromatic heterocycles. The van der Waals surface area contributed by atoms with Crippen LogP contribution in [0, 0.1) is 6.92 Å². The van der Waals surface area contributed by atoms with E-state index in [4.69, 9.17) is 4.74 Å². The molecule has 2 rings (SSSR count). The van der Waals surface area contributed by atoms with E-state index >= 15 is 0 Å². The van der Waals surface area contributed by atoms with Gasteiger partial charge in [-0.3, -0.25) is 4.79 Å². The number of carbonyl (C=O) groups excluding carboxylic acids is 1. The van der Waals surface area contributed by atoms with Gasteiger partial charge in [0.05, 0.1) is 10.5 Å². The van der Waals surface area contributed by atoms with Crippen LogP contribution in [0.2, 0.25) is 0 Å². The second-order valence-electron chi connectivity index (χ2n) is 8.44. The minimum absolute atomic E-state index is 0.0486.